The van der Waals surface area contributed by atoms with Crippen LogP contribution in [0.1, 0.15) is 41.5 Å². The van der Waals surface area contributed by atoms with Crippen molar-refractivity contribution in [2.45, 2.75) is 71.9 Å². The van der Waals surface area contributed by atoms with E-state index < -0.39 is 20.5 Å². The van der Waals surface area contributed by atoms with E-state index >= 15 is 0 Å². The standard InChI is InChI=1S/C17H36O3Si/c1-10-12(2)15(18)14(4)16(19)13(3)11-20-21(8,9)17(5,6)7/h10,12-16,18-19H,1,11H2,2-9H3/t12-,13+,14+,15+,16-/m0/s1. The van der Waals surface area contributed by atoms with Crippen LogP contribution < -0.4 is 0 Å². The first-order valence-electron chi connectivity index (χ1n) is 7.97. The number of aliphatic hydroxyl groups excluding tert-OH is 2. The molecule has 3 nitrogen and oxygen atoms in total. The molecule has 0 heterocycles. The summed E-state index contributed by atoms with van der Waals surface area (Å²) in [4.78, 5) is 0. The Labute approximate surface area is 132 Å². The van der Waals surface area contributed by atoms with E-state index in [-0.39, 0.29) is 22.8 Å². The Hall–Kier alpha value is -0.163. The lowest BCUT2D eigenvalue weighted by Crippen LogP contribution is -2.44. The van der Waals surface area contributed by atoms with Crippen LogP contribution in [-0.4, -0.2) is 37.3 Å². The summed E-state index contributed by atoms with van der Waals surface area (Å²) in [6.45, 7) is 21.1. The average Bonchev–Trinajstić information content (AvgIpc) is 2.40. The van der Waals surface area contributed by atoms with Gasteiger partial charge in [0, 0.05) is 24.4 Å². The van der Waals surface area contributed by atoms with Crippen molar-refractivity contribution in [1.82, 2.24) is 0 Å². The molecule has 0 aromatic heterocycles. The second-order valence-electron chi connectivity index (χ2n) is 7.98. The lowest BCUT2D eigenvalue weighted by atomic mass is 9.84. The van der Waals surface area contributed by atoms with Gasteiger partial charge in [0.15, 0.2) is 8.32 Å². The molecule has 126 valence electrons. The van der Waals surface area contributed by atoms with Crippen molar-refractivity contribution in [1.29, 1.82) is 0 Å². The Morgan fingerprint density at radius 3 is 1.95 bits per heavy atom. The van der Waals surface area contributed by atoms with Gasteiger partial charge in [0.1, 0.15) is 0 Å². The molecule has 0 bridgehead atoms. The van der Waals surface area contributed by atoms with Crippen molar-refractivity contribution in [2.75, 3.05) is 6.61 Å². The third-order valence-corrected chi connectivity index (χ3v) is 9.58. The smallest absolute Gasteiger partial charge is 0.191 e. The minimum Gasteiger partial charge on any atom is -0.416 e. The van der Waals surface area contributed by atoms with Gasteiger partial charge in [-0.3, -0.25) is 0 Å². The number of rotatable bonds is 8. The van der Waals surface area contributed by atoms with Gasteiger partial charge in [-0.05, 0) is 18.1 Å². The third-order valence-electron chi connectivity index (χ3n) is 5.08. The molecule has 0 saturated heterocycles. The second kappa shape index (κ2) is 7.91. The van der Waals surface area contributed by atoms with Crippen LogP contribution in [-0.2, 0) is 4.43 Å². The average molecular weight is 317 g/mol. The lowest BCUT2D eigenvalue weighted by Gasteiger charge is -2.38. The summed E-state index contributed by atoms with van der Waals surface area (Å²) >= 11 is 0. The Bertz CT molecular complexity index is 322. The summed E-state index contributed by atoms with van der Waals surface area (Å²) in [5.41, 5.74) is 0. The van der Waals surface area contributed by atoms with E-state index in [4.69, 9.17) is 4.43 Å². The highest BCUT2D eigenvalue weighted by Crippen LogP contribution is 2.37. The highest BCUT2D eigenvalue weighted by molar-refractivity contribution is 6.74. The van der Waals surface area contributed by atoms with E-state index in [1.807, 2.05) is 20.8 Å². The van der Waals surface area contributed by atoms with Gasteiger partial charge in [-0.2, -0.15) is 0 Å². The molecule has 5 atom stereocenters. The number of hydrogen-bond acceptors (Lipinski definition) is 3. The van der Waals surface area contributed by atoms with Crippen molar-refractivity contribution in [2.24, 2.45) is 17.8 Å². The van der Waals surface area contributed by atoms with Gasteiger partial charge in [0.2, 0.25) is 0 Å². The second-order valence-corrected chi connectivity index (χ2v) is 12.8. The minimum atomic E-state index is -1.79. The zero-order chi connectivity index (χ0) is 17.0. The summed E-state index contributed by atoms with van der Waals surface area (Å²) in [7, 11) is -1.79. The van der Waals surface area contributed by atoms with E-state index in [1.165, 1.54) is 0 Å². The molecule has 0 unspecified atom stereocenters. The first kappa shape index (κ1) is 20.8. The molecule has 0 aromatic rings. The minimum absolute atomic E-state index is 0.000732. The van der Waals surface area contributed by atoms with Crippen molar-refractivity contribution < 1.29 is 14.6 Å². The Morgan fingerprint density at radius 1 is 1.10 bits per heavy atom. The quantitative estimate of drug-likeness (QED) is 0.528. The number of aliphatic hydroxyl groups is 2. The van der Waals surface area contributed by atoms with Crippen LogP contribution in [0, 0.1) is 17.8 Å². The Balaban J connectivity index is 4.59. The van der Waals surface area contributed by atoms with Crippen LogP contribution in [0.15, 0.2) is 12.7 Å². The fraction of sp³-hybridized carbons (Fsp3) is 0.882. The maximum absolute atomic E-state index is 10.4. The van der Waals surface area contributed by atoms with Gasteiger partial charge in [-0.15, -0.1) is 6.58 Å². The molecule has 0 fully saturated rings. The van der Waals surface area contributed by atoms with Crippen molar-refractivity contribution in [3.63, 3.8) is 0 Å². The largest absolute Gasteiger partial charge is 0.416 e. The molecule has 0 aliphatic heterocycles. The van der Waals surface area contributed by atoms with Gasteiger partial charge < -0.3 is 14.6 Å². The maximum Gasteiger partial charge on any atom is 0.191 e. The van der Waals surface area contributed by atoms with Gasteiger partial charge >= 0.3 is 0 Å². The van der Waals surface area contributed by atoms with Crippen LogP contribution in [0.3, 0.4) is 0 Å². The van der Waals surface area contributed by atoms with Crippen LogP contribution in [0.2, 0.25) is 18.1 Å². The first-order chi connectivity index (χ1) is 9.35. The maximum atomic E-state index is 10.4. The molecule has 0 saturated carbocycles. The van der Waals surface area contributed by atoms with Gasteiger partial charge in [0.05, 0.1) is 12.2 Å². The molecule has 0 spiro atoms. The summed E-state index contributed by atoms with van der Waals surface area (Å²) in [6, 6.07) is 0. The van der Waals surface area contributed by atoms with Crippen molar-refractivity contribution in [3.05, 3.63) is 12.7 Å². The lowest BCUT2D eigenvalue weighted by molar-refractivity contribution is -0.0299. The molecule has 0 aliphatic rings. The molecule has 4 heteroatoms. The van der Waals surface area contributed by atoms with E-state index in [2.05, 4.69) is 40.4 Å². The van der Waals surface area contributed by atoms with E-state index in [0.717, 1.165) is 0 Å². The van der Waals surface area contributed by atoms with E-state index in [9.17, 15) is 10.2 Å². The molecule has 0 rings (SSSR count). The molecule has 2 N–H and O–H groups in total. The van der Waals surface area contributed by atoms with Gasteiger partial charge in [-0.25, -0.2) is 0 Å². The molecule has 0 aromatic carbocycles. The molecule has 0 aliphatic carbocycles. The zero-order valence-electron chi connectivity index (χ0n) is 15.2. The molecular formula is C17H36O3Si. The summed E-state index contributed by atoms with van der Waals surface area (Å²) < 4.78 is 6.17. The topological polar surface area (TPSA) is 49.7 Å². The van der Waals surface area contributed by atoms with Crippen LogP contribution in [0.4, 0.5) is 0 Å². The summed E-state index contributed by atoms with van der Waals surface area (Å²) in [5, 5.41) is 20.8. The molecule has 21 heavy (non-hydrogen) atoms. The normalized spacial score (nSPS) is 20.5. The zero-order valence-corrected chi connectivity index (χ0v) is 16.2. The van der Waals surface area contributed by atoms with Crippen molar-refractivity contribution in [3.8, 4) is 0 Å². The summed E-state index contributed by atoms with van der Waals surface area (Å²) in [5.74, 6) is -0.222. The fourth-order valence-electron chi connectivity index (χ4n) is 1.99. The van der Waals surface area contributed by atoms with E-state index in [1.54, 1.807) is 6.08 Å². The monoisotopic (exact) mass is 316 g/mol. The predicted molar refractivity (Wildman–Crippen MR) is 92.9 cm³/mol. The fourth-order valence-corrected chi connectivity index (χ4v) is 3.11. The predicted octanol–water partition coefficient (Wildman–Crippen LogP) is 3.82. The molecule has 0 radical (unpaired) electrons. The SMILES string of the molecule is C=C[C@H](C)[C@@H](O)[C@@H](C)[C@@H](O)[C@H](C)CO[Si](C)(C)C(C)(C)C. The Morgan fingerprint density at radius 2 is 1.57 bits per heavy atom. The molecule has 0 amide bonds. The summed E-state index contributed by atoms with van der Waals surface area (Å²) in [6.07, 6.45) is 0.574. The Kier molecular flexibility index (Phi) is 7.85. The van der Waals surface area contributed by atoms with Crippen LogP contribution in [0.25, 0.3) is 0 Å². The highest BCUT2D eigenvalue weighted by Gasteiger charge is 2.38. The first-order valence-corrected chi connectivity index (χ1v) is 10.9. The van der Waals surface area contributed by atoms with Crippen molar-refractivity contribution >= 4 is 8.32 Å². The van der Waals surface area contributed by atoms with Gasteiger partial charge in [0.25, 0.3) is 0 Å². The highest BCUT2D eigenvalue weighted by atomic mass is 28.4. The molecular weight excluding hydrogens is 280 g/mol. The van der Waals surface area contributed by atoms with Gasteiger partial charge in [-0.1, -0.05) is 47.6 Å². The van der Waals surface area contributed by atoms with E-state index in [0.29, 0.717) is 6.61 Å². The van der Waals surface area contributed by atoms with Crippen LogP contribution in [0.5, 0.6) is 0 Å². The third kappa shape index (κ3) is 5.85. The van der Waals surface area contributed by atoms with Crippen LogP contribution >= 0.6 is 0 Å². The number of hydrogen-bond donors (Lipinski definition) is 2.